The molecular formula is C23H47NO11S. The van der Waals surface area contributed by atoms with Gasteiger partial charge in [-0.1, -0.05) is 6.92 Å². The first-order valence-electron chi connectivity index (χ1n) is 11.8. The fraction of sp³-hybridized carbons (Fsp3) is 0.913. The average molecular weight is 546 g/mol. The summed E-state index contributed by atoms with van der Waals surface area (Å²) in [7, 11) is 0. The Labute approximate surface area is 218 Å². The molecule has 0 bridgehead atoms. The third kappa shape index (κ3) is 14.3. The highest BCUT2D eigenvalue weighted by molar-refractivity contribution is 7.81. The topological polar surface area (TPSA) is 208 Å². The minimum atomic E-state index is -1.61. The summed E-state index contributed by atoms with van der Waals surface area (Å²) in [6, 6.07) is 0. The number of aliphatic hydroxyl groups excluding tert-OH is 8. The Balaban J connectivity index is 0. The second-order valence-electron chi connectivity index (χ2n) is 9.51. The van der Waals surface area contributed by atoms with Gasteiger partial charge in [0.15, 0.2) is 0 Å². The molecule has 1 unspecified atom stereocenters. The number of ketones is 1. The van der Waals surface area contributed by atoms with Gasteiger partial charge in [0.1, 0.15) is 24.8 Å². The highest BCUT2D eigenvalue weighted by Gasteiger charge is 2.38. The maximum atomic E-state index is 11.8. The molecule has 0 aliphatic rings. The number of aliphatic hydroxyl groups is 8. The van der Waals surface area contributed by atoms with E-state index in [1.54, 1.807) is 27.7 Å². The van der Waals surface area contributed by atoms with Crippen molar-refractivity contribution in [1.29, 1.82) is 0 Å². The molecule has 0 aromatic carbocycles. The minimum Gasteiger partial charge on any atom is -0.396 e. The van der Waals surface area contributed by atoms with Crippen molar-refractivity contribution in [3.8, 4) is 0 Å². The third-order valence-corrected chi connectivity index (χ3v) is 6.09. The molecule has 0 heterocycles. The van der Waals surface area contributed by atoms with Gasteiger partial charge in [0.2, 0.25) is 0 Å². The van der Waals surface area contributed by atoms with Crippen molar-refractivity contribution < 1.29 is 55.2 Å². The normalized spacial score (nSPS) is 18.8. The van der Waals surface area contributed by atoms with Gasteiger partial charge in [0, 0.05) is 39.1 Å². The number of hydrogen-bond acceptors (Lipinski definition) is 13. The van der Waals surface area contributed by atoms with Crippen LogP contribution in [0.3, 0.4) is 0 Å². The molecule has 0 rings (SSSR count). The van der Waals surface area contributed by atoms with E-state index in [0.29, 0.717) is 6.42 Å². The molecule has 0 spiro atoms. The zero-order valence-corrected chi connectivity index (χ0v) is 22.6. The van der Waals surface area contributed by atoms with E-state index in [4.69, 9.17) is 19.7 Å². The van der Waals surface area contributed by atoms with Gasteiger partial charge < -0.3 is 50.4 Å². The van der Waals surface area contributed by atoms with E-state index in [0.717, 1.165) is 0 Å². The van der Waals surface area contributed by atoms with Crippen LogP contribution in [0.1, 0.15) is 53.4 Å². The van der Waals surface area contributed by atoms with E-state index in [9.17, 15) is 35.4 Å². The Morgan fingerprint density at radius 3 is 1.58 bits per heavy atom. The third-order valence-electron chi connectivity index (χ3n) is 5.68. The second kappa shape index (κ2) is 18.5. The second-order valence-corrected chi connectivity index (χ2v) is 10.5. The molecule has 0 aromatic heterocycles. The van der Waals surface area contributed by atoms with Crippen LogP contribution in [-0.4, -0.2) is 138 Å². The van der Waals surface area contributed by atoms with E-state index in [1.807, 2.05) is 6.79 Å². The van der Waals surface area contributed by atoms with Crippen molar-refractivity contribution in [2.45, 2.75) is 100 Å². The first kappa shape index (κ1) is 37.4. The number of hydrogen-bond donors (Lipinski definition) is 9. The molecule has 0 aliphatic carbocycles. The van der Waals surface area contributed by atoms with Crippen molar-refractivity contribution in [3.63, 3.8) is 0 Å². The molecule has 0 saturated carbocycles. The molecule has 0 aromatic rings. The van der Waals surface area contributed by atoms with Crippen molar-refractivity contribution in [3.05, 3.63) is 0 Å². The number of rotatable bonds is 19. The maximum Gasteiger partial charge on any atom is 0.135 e. The van der Waals surface area contributed by atoms with Gasteiger partial charge in [-0.3, -0.25) is 9.69 Å². The quantitative estimate of drug-likeness (QED) is 0.0628. The molecule has 8 N–H and O–H groups in total. The number of nitrogens with zero attached hydrogens (tertiary/aromatic N) is 1. The number of carbonyl (C=O) groups is 2. The molecule has 0 radical (unpaired) electrons. The average Bonchev–Trinajstić information content (AvgIpc) is 2.82. The lowest BCUT2D eigenvalue weighted by Gasteiger charge is -2.42. The largest absolute Gasteiger partial charge is 0.396 e. The first-order chi connectivity index (χ1) is 16.6. The Hall–Kier alpha value is -0.710. The highest BCUT2D eigenvalue weighted by atomic mass is 32.1. The van der Waals surface area contributed by atoms with Gasteiger partial charge in [0.05, 0.1) is 41.5 Å². The first-order valence-corrected chi connectivity index (χ1v) is 12.3. The lowest BCUT2D eigenvalue weighted by atomic mass is 10.00. The lowest BCUT2D eigenvalue weighted by molar-refractivity contribution is -0.129. The molecule has 13 heteroatoms. The van der Waals surface area contributed by atoms with Crippen LogP contribution < -0.4 is 0 Å². The number of ether oxygens (including phenoxy) is 1. The van der Waals surface area contributed by atoms with E-state index in [-0.39, 0.29) is 44.7 Å². The van der Waals surface area contributed by atoms with E-state index in [2.05, 4.69) is 12.6 Å². The number of thiol groups is 1. The fourth-order valence-corrected chi connectivity index (χ4v) is 3.56. The van der Waals surface area contributed by atoms with Crippen LogP contribution in [-0.2, 0) is 14.3 Å². The minimum absolute atomic E-state index is 0.00977. The van der Waals surface area contributed by atoms with E-state index >= 15 is 0 Å². The summed E-state index contributed by atoms with van der Waals surface area (Å²) in [6.45, 7) is 7.33. The van der Waals surface area contributed by atoms with Crippen LogP contribution >= 0.6 is 12.6 Å². The zero-order valence-electron chi connectivity index (χ0n) is 21.7. The Morgan fingerprint density at radius 2 is 1.25 bits per heavy atom. The monoisotopic (exact) mass is 545 g/mol. The van der Waals surface area contributed by atoms with Crippen molar-refractivity contribution in [1.82, 2.24) is 4.90 Å². The maximum absolute atomic E-state index is 11.8. The van der Waals surface area contributed by atoms with Crippen LogP contribution in [0.5, 0.6) is 0 Å². The van der Waals surface area contributed by atoms with Crippen LogP contribution in [0.2, 0.25) is 0 Å². The molecule has 0 fully saturated rings. The van der Waals surface area contributed by atoms with Crippen LogP contribution in [0, 0.1) is 0 Å². The van der Waals surface area contributed by atoms with Gasteiger partial charge >= 0.3 is 0 Å². The highest BCUT2D eigenvalue weighted by Crippen LogP contribution is 2.27. The SMILES string of the molecule is C=O.CCC(=O)CC(C)(C)OCC(C)(S)N(C[C@H](O)[C@@H](O)[C@H](O)CCO)C[C@H](O)[C@@H](O)[C@H](O)CCO. The van der Waals surface area contributed by atoms with Gasteiger partial charge in [-0.05, 0) is 33.6 Å². The lowest BCUT2D eigenvalue weighted by Crippen LogP contribution is -2.57. The summed E-state index contributed by atoms with van der Waals surface area (Å²) in [6.07, 6.45) is -8.85. The van der Waals surface area contributed by atoms with Crippen molar-refractivity contribution in [2.24, 2.45) is 0 Å². The molecule has 0 aliphatic heterocycles. The van der Waals surface area contributed by atoms with Crippen LogP contribution in [0.25, 0.3) is 0 Å². The predicted octanol–water partition coefficient (Wildman–Crippen LogP) is -2.16. The Bertz CT molecular complexity index is 570. The molecule has 12 nitrogen and oxygen atoms in total. The van der Waals surface area contributed by atoms with E-state index in [1.165, 1.54) is 4.90 Å². The van der Waals surface area contributed by atoms with Gasteiger partial charge in [-0.15, -0.1) is 0 Å². The Morgan fingerprint density at radius 1 is 0.861 bits per heavy atom. The van der Waals surface area contributed by atoms with Crippen LogP contribution in [0.4, 0.5) is 0 Å². The number of Topliss-reactive ketones (excluding diaryl/α,β-unsaturated/α-hetero) is 1. The van der Waals surface area contributed by atoms with Crippen LogP contribution in [0.15, 0.2) is 0 Å². The molecule has 216 valence electrons. The van der Waals surface area contributed by atoms with Gasteiger partial charge in [-0.2, -0.15) is 12.6 Å². The summed E-state index contributed by atoms with van der Waals surface area (Å²) >= 11 is 4.60. The molecule has 36 heavy (non-hydrogen) atoms. The standard InChI is InChI=1S/C22H45NO10S.CH2O/c1-5-14(26)10-21(2,3)33-13-22(4,34)23(11-17(29)19(31)15(27)6-8-24)12-18(30)20(32)16(28)7-9-25;1-2/h15-20,24-25,27-32,34H,5-13H2,1-4H3;1H2/t15-,16-,17+,18+,19+,20+,22?;/m1./s1. The predicted molar refractivity (Wildman–Crippen MR) is 135 cm³/mol. The molecule has 7 atom stereocenters. The molecular weight excluding hydrogens is 498 g/mol. The fourth-order valence-electron chi connectivity index (χ4n) is 3.33. The van der Waals surface area contributed by atoms with Gasteiger partial charge in [0.25, 0.3) is 0 Å². The van der Waals surface area contributed by atoms with E-state index < -0.39 is 60.3 Å². The smallest absolute Gasteiger partial charge is 0.135 e. The summed E-state index contributed by atoms with van der Waals surface area (Å²) in [4.78, 5) is 20.1. The summed E-state index contributed by atoms with van der Waals surface area (Å²) in [5, 5.41) is 79.2. The summed E-state index contributed by atoms with van der Waals surface area (Å²) < 4.78 is 5.91. The van der Waals surface area contributed by atoms with Crippen molar-refractivity contribution >= 4 is 25.2 Å². The van der Waals surface area contributed by atoms with Crippen molar-refractivity contribution in [2.75, 3.05) is 32.9 Å². The summed E-state index contributed by atoms with van der Waals surface area (Å²) in [5.41, 5.74) is -0.826. The van der Waals surface area contributed by atoms with Gasteiger partial charge in [-0.25, -0.2) is 0 Å². The Kier molecular flexibility index (Phi) is 19.3. The summed E-state index contributed by atoms with van der Waals surface area (Å²) in [5.74, 6) is 0.00977. The molecule has 0 amide bonds. The molecule has 0 saturated heterocycles. The number of carbonyl (C=O) groups excluding carboxylic acids is 2. The zero-order chi connectivity index (χ0) is 28.7.